The Balaban J connectivity index is 2.92. The molecule has 0 aliphatic carbocycles. The normalized spacial score (nSPS) is 12.7. The molecule has 0 fully saturated rings. The molecule has 66 valence electrons. The Hall–Kier alpha value is -1.12. The molecule has 0 spiro atoms. The summed E-state index contributed by atoms with van der Waals surface area (Å²) in [5, 5.41) is 3.85. The Morgan fingerprint density at radius 3 is 2.58 bits per heavy atom. The number of nitrogens with zero attached hydrogens (tertiary/aromatic N) is 2. The summed E-state index contributed by atoms with van der Waals surface area (Å²) in [5.41, 5.74) is 0.801. The first-order chi connectivity index (χ1) is 5.54. The Labute approximate surface area is 72.5 Å². The highest BCUT2D eigenvalue weighted by molar-refractivity contribution is 5.76. The first-order valence-electron chi connectivity index (χ1n) is 3.93. The van der Waals surface area contributed by atoms with Crippen molar-refractivity contribution in [1.29, 1.82) is 0 Å². The van der Waals surface area contributed by atoms with E-state index < -0.39 is 0 Å². The van der Waals surface area contributed by atoms with Gasteiger partial charge in [0.2, 0.25) is 0 Å². The van der Waals surface area contributed by atoms with Gasteiger partial charge in [0, 0.05) is 18.5 Å². The van der Waals surface area contributed by atoms with Gasteiger partial charge in [0.1, 0.15) is 11.5 Å². The fourth-order valence-electron chi connectivity index (χ4n) is 0.835. The summed E-state index contributed by atoms with van der Waals surface area (Å²) in [4.78, 5) is 3.85. The van der Waals surface area contributed by atoms with E-state index in [0.717, 1.165) is 11.5 Å². The van der Waals surface area contributed by atoms with Gasteiger partial charge in [0.15, 0.2) is 0 Å². The van der Waals surface area contributed by atoms with E-state index in [4.69, 9.17) is 4.52 Å². The van der Waals surface area contributed by atoms with Crippen molar-refractivity contribution < 1.29 is 4.52 Å². The zero-order valence-corrected chi connectivity index (χ0v) is 7.96. The van der Waals surface area contributed by atoms with Crippen LogP contribution >= 0.6 is 0 Å². The lowest BCUT2D eigenvalue weighted by molar-refractivity contribution is 0.329. The summed E-state index contributed by atoms with van der Waals surface area (Å²) in [5.74, 6) is 0.886. The van der Waals surface area contributed by atoms with Gasteiger partial charge >= 0.3 is 0 Å². The molecule has 0 saturated heterocycles. The van der Waals surface area contributed by atoms with Crippen LogP contribution in [0.1, 0.15) is 32.2 Å². The van der Waals surface area contributed by atoms with Gasteiger partial charge in [-0.25, -0.2) is 0 Å². The molecule has 0 N–H and O–H groups in total. The van der Waals surface area contributed by atoms with Gasteiger partial charge in [-0.1, -0.05) is 25.9 Å². The van der Waals surface area contributed by atoms with Crippen LogP contribution in [0.25, 0.3) is 0 Å². The monoisotopic (exact) mass is 166 g/mol. The molecule has 3 nitrogen and oxygen atoms in total. The standard InChI is InChI=1S/C9H14N2O/c1-9(2,3)8-5-7(6-10-4)11-12-8/h5-6H,1-4H3. The molecule has 0 amide bonds. The van der Waals surface area contributed by atoms with Crippen LogP contribution in [0, 0.1) is 0 Å². The van der Waals surface area contributed by atoms with Gasteiger partial charge in [-0.15, -0.1) is 0 Å². The smallest absolute Gasteiger partial charge is 0.142 e. The Morgan fingerprint density at radius 1 is 1.50 bits per heavy atom. The Kier molecular flexibility index (Phi) is 2.31. The maximum atomic E-state index is 5.14. The van der Waals surface area contributed by atoms with Crippen LogP contribution in [-0.2, 0) is 5.41 Å². The lowest BCUT2D eigenvalue weighted by atomic mass is 9.93. The molecule has 0 saturated carbocycles. The summed E-state index contributed by atoms with van der Waals surface area (Å²) < 4.78 is 5.14. The number of aromatic nitrogens is 1. The number of hydrogen-bond donors (Lipinski definition) is 0. The fourth-order valence-corrected chi connectivity index (χ4v) is 0.835. The topological polar surface area (TPSA) is 38.4 Å². The van der Waals surface area contributed by atoms with E-state index in [1.807, 2.05) is 6.07 Å². The van der Waals surface area contributed by atoms with Gasteiger partial charge in [-0.05, 0) is 0 Å². The number of rotatable bonds is 1. The van der Waals surface area contributed by atoms with Gasteiger partial charge in [0.05, 0.1) is 6.21 Å². The molecule has 3 heteroatoms. The summed E-state index contributed by atoms with van der Waals surface area (Å²) in [7, 11) is 1.71. The van der Waals surface area contributed by atoms with E-state index in [9.17, 15) is 0 Å². The molecule has 0 atom stereocenters. The molecule has 1 aromatic heterocycles. The van der Waals surface area contributed by atoms with Gasteiger partial charge < -0.3 is 4.52 Å². The van der Waals surface area contributed by atoms with Crippen molar-refractivity contribution in [3.63, 3.8) is 0 Å². The van der Waals surface area contributed by atoms with Crippen molar-refractivity contribution >= 4 is 6.21 Å². The number of aliphatic imine (C=N–C) groups is 1. The molecule has 1 rings (SSSR count). The SMILES string of the molecule is CN=Cc1cc(C(C)(C)C)on1. The third-order valence-electron chi connectivity index (χ3n) is 1.53. The van der Waals surface area contributed by atoms with Crippen LogP contribution in [0.15, 0.2) is 15.6 Å². The lowest BCUT2D eigenvalue weighted by Crippen LogP contribution is -2.09. The highest BCUT2D eigenvalue weighted by Crippen LogP contribution is 2.21. The first-order valence-corrected chi connectivity index (χ1v) is 3.93. The van der Waals surface area contributed by atoms with Crippen LogP contribution in [0.5, 0.6) is 0 Å². The van der Waals surface area contributed by atoms with Gasteiger partial charge in [0.25, 0.3) is 0 Å². The summed E-state index contributed by atoms with van der Waals surface area (Å²) in [6.07, 6.45) is 1.68. The molecule has 0 aromatic carbocycles. The molecule has 0 aliphatic rings. The average Bonchev–Trinajstić information content (AvgIpc) is 2.35. The second-order valence-electron chi connectivity index (χ2n) is 3.75. The van der Waals surface area contributed by atoms with E-state index in [1.54, 1.807) is 13.3 Å². The van der Waals surface area contributed by atoms with Crippen LogP contribution in [0.2, 0.25) is 0 Å². The van der Waals surface area contributed by atoms with Crippen molar-refractivity contribution in [3.8, 4) is 0 Å². The molecular formula is C9H14N2O. The maximum Gasteiger partial charge on any atom is 0.142 e. The third kappa shape index (κ3) is 1.94. The van der Waals surface area contributed by atoms with E-state index in [2.05, 4.69) is 30.9 Å². The average molecular weight is 166 g/mol. The lowest BCUT2D eigenvalue weighted by Gasteiger charge is -2.11. The molecule has 0 unspecified atom stereocenters. The van der Waals surface area contributed by atoms with Crippen molar-refractivity contribution in [2.75, 3.05) is 7.05 Å². The maximum absolute atomic E-state index is 5.14. The van der Waals surface area contributed by atoms with Crippen LogP contribution in [0.4, 0.5) is 0 Å². The van der Waals surface area contributed by atoms with E-state index in [-0.39, 0.29) is 5.41 Å². The van der Waals surface area contributed by atoms with Gasteiger partial charge in [-0.2, -0.15) is 0 Å². The molecule has 0 bridgehead atoms. The highest BCUT2D eigenvalue weighted by Gasteiger charge is 2.18. The number of hydrogen-bond acceptors (Lipinski definition) is 3. The minimum absolute atomic E-state index is 0.0207. The Bertz CT molecular complexity index is 281. The summed E-state index contributed by atoms with van der Waals surface area (Å²) in [6, 6.07) is 1.91. The predicted molar refractivity (Wildman–Crippen MR) is 48.7 cm³/mol. The van der Waals surface area contributed by atoms with Crippen molar-refractivity contribution in [2.24, 2.45) is 4.99 Å². The second-order valence-corrected chi connectivity index (χ2v) is 3.75. The molecule has 0 aliphatic heterocycles. The minimum atomic E-state index is 0.0207. The van der Waals surface area contributed by atoms with E-state index in [1.165, 1.54) is 0 Å². The van der Waals surface area contributed by atoms with Crippen LogP contribution < -0.4 is 0 Å². The molecule has 1 aromatic rings. The largest absolute Gasteiger partial charge is 0.360 e. The quantitative estimate of drug-likeness (QED) is 0.598. The Morgan fingerprint density at radius 2 is 2.17 bits per heavy atom. The molecular weight excluding hydrogens is 152 g/mol. The first kappa shape index (κ1) is 8.97. The molecule has 1 heterocycles. The zero-order valence-electron chi connectivity index (χ0n) is 7.96. The van der Waals surface area contributed by atoms with Crippen LogP contribution in [0.3, 0.4) is 0 Å². The summed E-state index contributed by atoms with van der Waals surface area (Å²) >= 11 is 0. The summed E-state index contributed by atoms with van der Waals surface area (Å²) in [6.45, 7) is 6.25. The van der Waals surface area contributed by atoms with Crippen molar-refractivity contribution in [2.45, 2.75) is 26.2 Å². The predicted octanol–water partition coefficient (Wildman–Crippen LogP) is 2.02. The van der Waals surface area contributed by atoms with Gasteiger partial charge in [-0.3, -0.25) is 4.99 Å². The van der Waals surface area contributed by atoms with Crippen LogP contribution in [-0.4, -0.2) is 18.4 Å². The molecule has 12 heavy (non-hydrogen) atoms. The third-order valence-corrected chi connectivity index (χ3v) is 1.53. The molecule has 0 radical (unpaired) electrons. The second kappa shape index (κ2) is 3.09. The fraction of sp³-hybridized carbons (Fsp3) is 0.556. The van der Waals surface area contributed by atoms with Crippen molar-refractivity contribution in [3.05, 3.63) is 17.5 Å². The minimum Gasteiger partial charge on any atom is -0.360 e. The highest BCUT2D eigenvalue weighted by atomic mass is 16.5. The van der Waals surface area contributed by atoms with E-state index >= 15 is 0 Å². The van der Waals surface area contributed by atoms with Crippen molar-refractivity contribution in [1.82, 2.24) is 5.16 Å². The zero-order chi connectivity index (χ0) is 9.19. The van der Waals surface area contributed by atoms with E-state index in [0.29, 0.717) is 0 Å².